The van der Waals surface area contributed by atoms with Crippen molar-refractivity contribution in [3.05, 3.63) is 65.3 Å². The molecule has 0 spiro atoms. The molecule has 0 radical (unpaired) electrons. The van der Waals surface area contributed by atoms with Crippen molar-refractivity contribution >= 4 is 22.5 Å². The van der Waals surface area contributed by atoms with E-state index in [0.29, 0.717) is 11.6 Å². The molecule has 1 saturated heterocycles. The van der Waals surface area contributed by atoms with Gasteiger partial charge in [0.1, 0.15) is 11.5 Å². The van der Waals surface area contributed by atoms with E-state index in [1.54, 1.807) is 6.20 Å². The summed E-state index contributed by atoms with van der Waals surface area (Å²) < 4.78 is 17.3. The average Bonchev–Trinajstić information content (AvgIpc) is 2.80. The summed E-state index contributed by atoms with van der Waals surface area (Å²) in [4.78, 5) is 6.77. The lowest BCUT2D eigenvalue weighted by Crippen LogP contribution is -2.35. The molecule has 0 N–H and O–H groups in total. The van der Waals surface area contributed by atoms with Crippen molar-refractivity contribution in [1.29, 1.82) is 0 Å². The molecule has 3 aromatic rings. The number of morpholine rings is 1. The Morgan fingerprint density at radius 1 is 0.903 bits per heavy atom. The minimum atomic E-state index is 0.679. The van der Waals surface area contributed by atoms with Crippen molar-refractivity contribution in [3.8, 4) is 11.5 Å². The molecule has 2 aromatic carbocycles. The monoisotopic (exact) mass is 440 g/mol. The van der Waals surface area contributed by atoms with Gasteiger partial charge in [0.15, 0.2) is 0 Å². The van der Waals surface area contributed by atoms with E-state index < -0.39 is 0 Å². The van der Waals surface area contributed by atoms with Crippen molar-refractivity contribution in [3.63, 3.8) is 0 Å². The Morgan fingerprint density at radius 3 is 2.48 bits per heavy atom. The molecule has 1 aromatic heterocycles. The molecule has 164 valence electrons. The summed E-state index contributed by atoms with van der Waals surface area (Å²) in [6, 6.07) is 16.0. The van der Waals surface area contributed by atoms with Gasteiger partial charge in [-0.2, -0.15) is 0 Å². The number of fused-ring (bicyclic) bond motifs is 1. The zero-order valence-electron chi connectivity index (χ0n) is 17.8. The van der Waals surface area contributed by atoms with Crippen LogP contribution in [0.25, 0.3) is 10.9 Å². The second kappa shape index (κ2) is 11.3. The van der Waals surface area contributed by atoms with Crippen LogP contribution in [0.4, 0.5) is 0 Å². The maximum atomic E-state index is 6.04. The van der Waals surface area contributed by atoms with Crippen LogP contribution in [-0.4, -0.2) is 49.4 Å². The first-order valence-corrected chi connectivity index (χ1v) is 11.3. The molecule has 31 heavy (non-hydrogen) atoms. The lowest BCUT2D eigenvalue weighted by molar-refractivity contribution is 0.0342. The van der Waals surface area contributed by atoms with E-state index in [1.165, 1.54) is 5.56 Å². The smallest absolute Gasteiger partial charge is 0.130 e. The number of hydrogen-bond acceptors (Lipinski definition) is 5. The first-order chi connectivity index (χ1) is 15.3. The number of pyridine rings is 1. The molecule has 0 atom stereocenters. The van der Waals surface area contributed by atoms with Crippen LogP contribution in [0, 0.1) is 0 Å². The maximum Gasteiger partial charge on any atom is 0.130 e. The number of aromatic nitrogens is 1. The highest BCUT2D eigenvalue weighted by atomic mass is 35.5. The Labute approximate surface area is 188 Å². The maximum absolute atomic E-state index is 6.04. The zero-order valence-corrected chi connectivity index (χ0v) is 18.5. The highest BCUT2D eigenvalue weighted by Crippen LogP contribution is 2.26. The van der Waals surface area contributed by atoms with E-state index >= 15 is 0 Å². The Bertz CT molecular complexity index is 959. The van der Waals surface area contributed by atoms with Gasteiger partial charge >= 0.3 is 0 Å². The second-order valence-electron chi connectivity index (χ2n) is 7.76. The van der Waals surface area contributed by atoms with Gasteiger partial charge in [-0.1, -0.05) is 23.7 Å². The molecule has 4 rings (SSSR count). The summed E-state index contributed by atoms with van der Waals surface area (Å²) in [6.07, 6.45) is 4.81. The zero-order chi connectivity index (χ0) is 21.3. The molecule has 0 aliphatic carbocycles. The molecule has 0 bridgehead atoms. The molecule has 1 fully saturated rings. The molecule has 5 nitrogen and oxygen atoms in total. The van der Waals surface area contributed by atoms with Crippen molar-refractivity contribution in [2.45, 2.75) is 25.8 Å². The van der Waals surface area contributed by atoms with E-state index in [1.807, 2.05) is 24.3 Å². The lowest BCUT2D eigenvalue weighted by atomic mass is 10.2. The first-order valence-electron chi connectivity index (χ1n) is 11.0. The summed E-state index contributed by atoms with van der Waals surface area (Å²) in [5, 5.41) is 1.68. The van der Waals surface area contributed by atoms with Crippen LogP contribution in [0.5, 0.6) is 11.5 Å². The van der Waals surface area contributed by atoms with Crippen LogP contribution < -0.4 is 9.47 Å². The van der Waals surface area contributed by atoms with Crippen molar-refractivity contribution in [2.75, 3.05) is 39.5 Å². The fourth-order valence-corrected chi connectivity index (χ4v) is 3.85. The van der Waals surface area contributed by atoms with Gasteiger partial charge in [-0.05, 0) is 61.2 Å². The van der Waals surface area contributed by atoms with Crippen LogP contribution in [0.3, 0.4) is 0 Å². The third-order valence-corrected chi connectivity index (χ3v) is 5.65. The highest BCUT2D eigenvalue weighted by Gasteiger charge is 2.10. The Morgan fingerprint density at radius 2 is 1.68 bits per heavy atom. The fraction of sp³-hybridized carbons (Fsp3) is 0.400. The molecule has 0 amide bonds. The second-order valence-corrected chi connectivity index (χ2v) is 8.20. The van der Waals surface area contributed by atoms with Crippen molar-refractivity contribution in [2.24, 2.45) is 0 Å². The van der Waals surface area contributed by atoms with Gasteiger partial charge in [0.25, 0.3) is 0 Å². The quantitative estimate of drug-likeness (QED) is 0.398. The minimum Gasteiger partial charge on any atom is -0.494 e. The first kappa shape index (κ1) is 21.9. The van der Waals surface area contributed by atoms with Gasteiger partial charge in [0, 0.05) is 36.2 Å². The van der Waals surface area contributed by atoms with E-state index in [2.05, 4.69) is 34.1 Å². The SMILES string of the molecule is Clc1ccc2c(OCCCCCOc3ccc(CN4CCOCC4)cc3)ccnc2c1. The number of rotatable bonds is 10. The number of hydrogen-bond donors (Lipinski definition) is 0. The lowest BCUT2D eigenvalue weighted by Gasteiger charge is -2.26. The van der Waals surface area contributed by atoms with Crippen LogP contribution in [-0.2, 0) is 11.3 Å². The third kappa shape index (κ3) is 6.57. The van der Waals surface area contributed by atoms with E-state index in [9.17, 15) is 0 Å². The number of unbranched alkanes of at least 4 members (excludes halogenated alkanes) is 2. The topological polar surface area (TPSA) is 43.8 Å². The third-order valence-electron chi connectivity index (χ3n) is 5.41. The molecule has 1 aliphatic heterocycles. The van der Waals surface area contributed by atoms with Crippen LogP contribution in [0.15, 0.2) is 54.7 Å². The van der Waals surface area contributed by atoms with Crippen molar-refractivity contribution in [1.82, 2.24) is 9.88 Å². The molecule has 6 heteroatoms. The molecule has 2 heterocycles. The average molecular weight is 441 g/mol. The summed E-state index contributed by atoms with van der Waals surface area (Å²) >= 11 is 6.04. The Kier molecular flexibility index (Phi) is 7.99. The van der Waals surface area contributed by atoms with Gasteiger partial charge in [-0.25, -0.2) is 0 Å². The van der Waals surface area contributed by atoms with E-state index in [0.717, 1.165) is 81.1 Å². The van der Waals surface area contributed by atoms with Crippen LogP contribution >= 0.6 is 11.6 Å². The normalized spacial score (nSPS) is 14.6. The highest BCUT2D eigenvalue weighted by molar-refractivity contribution is 6.31. The summed E-state index contributed by atoms with van der Waals surface area (Å²) in [5.41, 5.74) is 2.17. The van der Waals surface area contributed by atoms with Crippen molar-refractivity contribution < 1.29 is 14.2 Å². The number of ether oxygens (including phenoxy) is 3. The fourth-order valence-electron chi connectivity index (χ4n) is 3.68. The van der Waals surface area contributed by atoms with Gasteiger partial charge < -0.3 is 14.2 Å². The molecule has 0 saturated carbocycles. The molecule has 0 unspecified atom stereocenters. The number of nitrogens with zero attached hydrogens (tertiary/aromatic N) is 2. The van der Waals surface area contributed by atoms with Gasteiger partial charge in [-0.3, -0.25) is 9.88 Å². The number of halogens is 1. The molecule has 1 aliphatic rings. The van der Waals surface area contributed by atoms with Crippen LogP contribution in [0.2, 0.25) is 5.02 Å². The van der Waals surface area contributed by atoms with Gasteiger partial charge in [-0.15, -0.1) is 0 Å². The Hall–Kier alpha value is -2.34. The summed E-state index contributed by atoms with van der Waals surface area (Å²) in [5.74, 6) is 1.79. The largest absolute Gasteiger partial charge is 0.494 e. The van der Waals surface area contributed by atoms with E-state index in [4.69, 9.17) is 25.8 Å². The van der Waals surface area contributed by atoms with Crippen LogP contribution in [0.1, 0.15) is 24.8 Å². The summed E-state index contributed by atoms with van der Waals surface area (Å²) in [6.45, 7) is 6.06. The van der Waals surface area contributed by atoms with Gasteiger partial charge in [0.05, 0.1) is 31.9 Å². The summed E-state index contributed by atoms with van der Waals surface area (Å²) in [7, 11) is 0. The standard InChI is InChI=1S/C25H29ClN2O3/c26-21-6-9-23-24(18-21)27-11-10-25(23)31-15-3-1-2-14-30-22-7-4-20(5-8-22)19-28-12-16-29-17-13-28/h4-11,18H,1-3,12-17,19H2. The van der Waals surface area contributed by atoms with Gasteiger partial charge in [0.2, 0.25) is 0 Å². The minimum absolute atomic E-state index is 0.679. The number of benzene rings is 2. The predicted octanol–water partition coefficient (Wildman–Crippen LogP) is 5.35. The van der Waals surface area contributed by atoms with E-state index in [-0.39, 0.29) is 0 Å². The molecular formula is C25H29ClN2O3. The predicted molar refractivity (Wildman–Crippen MR) is 124 cm³/mol. The molecular weight excluding hydrogens is 412 g/mol. The Balaban J connectivity index is 1.12.